The first-order valence-corrected chi connectivity index (χ1v) is 8.74. The summed E-state index contributed by atoms with van der Waals surface area (Å²) in [6.45, 7) is 2.13. The molecule has 4 rings (SSSR count). The largest absolute Gasteiger partial charge is 0.374 e. The van der Waals surface area contributed by atoms with Crippen LogP contribution < -0.4 is 5.32 Å². The second-order valence-corrected chi connectivity index (χ2v) is 6.64. The molecule has 0 saturated heterocycles. The number of aromatic amines is 1. The first-order chi connectivity index (χ1) is 12.2. The molecule has 124 valence electrons. The predicted molar refractivity (Wildman–Crippen MR) is 106 cm³/mol. The van der Waals surface area contributed by atoms with Gasteiger partial charge in [0.2, 0.25) is 0 Å². The smallest absolute Gasteiger partial charge is 0.0790 e. The molecule has 0 aliphatic heterocycles. The average Bonchev–Trinajstić information content (AvgIpc) is 2.97. The summed E-state index contributed by atoms with van der Waals surface area (Å²) in [5, 5.41) is 5.67. The molecule has 0 amide bonds. The number of halogens is 1. The van der Waals surface area contributed by atoms with Gasteiger partial charge in [-0.2, -0.15) is 0 Å². The lowest BCUT2D eigenvalue weighted by atomic mass is 9.95. The Kier molecular flexibility index (Phi) is 4.21. The number of hydrogen-bond donors (Lipinski definition) is 2. The van der Waals surface area contributed by atoms with Crippen LogP contribution in [0.25, 0.3) is 10.9 Å². The van der Waals surface area contributed by atoms with Crippen LogP contribution in [0.1, 0.15) is 22.9 Å². The SMILES string of the molecule is Cc1[nH]c2ccccc2c1C(Nc1ccccc1)c1ccc(Cl)cc1. The van der Waals surface area contributed by atoms with Gasteiger partial charge in [0.15, 0.2) is 0 Å². The quantitative estimate of drug-likeness (QED) is 0.444. The van der Waals surface area contributed by atoms with Crippen LogP contribution >= 0.6 is 11.6 Å². The number of benzene rings is 3. The zero-order chi connectivity index (χ0) is 17.2. The van der Waals surface area contributed by atoms with Crippen molar-refractivity contribution in [2.45, 2.75) is 13.0 Å². The van der Waals surface area contributed by atoms with Crippen molar-refractivity contribution in [2.75, 3.05) is 5.32 Å². The number of fused-ring (bicyclic) bond motifs is 1. The van der Waals surface area contributed by atoms with Crippen molar-refractivity contribution in [1.29, 1.82) is 0 Å². The van der Waals surface area contributed by atoms with Gasteiger partial charge in [0.05, 0.1) is 6.04 Å². The second kappa shape index (κ2) is 6.66. The molecule has 1 aromatic heterocycles. The van der Waals surface area contributed by atoms with E-state index >= 15 is 0 Å². The van der Waals surface area contributed by atoms with Gasteiger partial charge in [-0.1, -0.05) is 60.1 Å². The lowest BCUT2D eigenvalue weighted by Crippen LogP contribution is -2.13. The Morgan fingerprint density at radius 1 is 0.840 bits per heavy atom. The Bertz CT molecular complexity index is 988. The standard InChI is InChI=1S/C22H19ClN2/c1-15-21(19-9-5-6-10-20(19)24-15)22(16-11-13-17(23)14-12-16)25-18-7-3-2-4-8-18/h2-14,22,24-25H,1H3. The molecule has 1 heterocycles. The molecular formula is C22H19ClN2. The minimum Gasteiger partial charge on any atom is -0.374 e. The van der Waals surface area contributed by atoms with Gasteiger partial charge in [0.25, 0.3) is 0 Å². The van der Waals surface area contributed by atoms with E-state index in [1.165, 1.54) is 22.2 Å². The molecule has 0 saturated carbocycles. The van der Waals surface area contributed by atoms with Crippen LogP contribution in [0.2, 0.25) is 5.02 Å². The van der Waals surface area contributed by atoms with Crippen molar-refractivity contribution in [3.05, 3.63) is 101 Å². The highest BCUT2D eigenvalue weighted by Gasteiger charge is 2.20. The van der Waals surface area contributed by atoms with Crippen LogP contribution in [0.5, 0.6) is 0 Å². The zero-order valence-corrected chi connectivity index (χ0v) is 14.7. The van der Waals surface area contributed by atoms with Crippen LogP contribution in [0.3, 0.4) is 0 Å². The van der Waals surface area contributed by atoms with E-state index < -0.39 is 0 Å². The number of aryl methyl sites for hydroxylation is 1. The predicted octanol–water partition coefficient (Wildman–Crippen LogP) is 6.33. The summed E-state index contributed by atoms with van der Waals surface area (Å²) in [6, 6.07) is 26.8. The molecule has 4 aromatic rings. The van der Waals surface area contributed by atoms with E-state index in [2.05, 4.69) is 65.8 Å². The summed E-state index contributed by atoms with van der Waals surface area (Å²) in [7, 11) is 0. The first kappa shape index (κ1) is 15.8. The number of nitrogens with one attached hydrogen (secondary N) is 2. The molecule has 25 heavy (non-hydrogen) atoms. The van der Waals surface area contributed by atoms with E-state index in [0.29, 0.717) is 0 Å². The summed E-state index contributed by atoms with van der Waals surface area (Å²) in [5.41, 5.74) is 5.86. The number of H-pyrrole nitrogens is 1. The zero-order valence-electron chi connectivity index (χ0n) is 14.0. The third-order valence-electron chi connectivity index (χ3n) is 4.52. The average molecular weight is 347 g/mol. The van der Waals surface area contributed by atoms with E-state index in [9.17, 15) is 0 Å². The fourth-order valence-corrected chi connectivity index (χ4v) is 3.47. The molecule has 2 N–H and O–H groups in total. The molecule has 0 aliphatic rings. The first-order valence-electron chi connectivity index (χ1n) is 8.36. The Morgan fingerprint density at radius 2 is 1.52 bits per heavy atom. The Labute approximate surface area is 152 Å². The molecule has 0 spiro atoms. The third kappa shape index (κ3) is 3.13. The van der Waals surface area contributed by atoms with E-state index in [1.54, 1.807) is 0 Å². The molecular weight excluding hydrogens is 328 g/mol. The van der Waals surface area contributed by atoms with Gasteiger partial charge in [-0.3, -0.25) is 0 Å². The number of aromatic nitrogens is 1. The highest BCUT2D eigenvalue weighted by atomic mass is 35.5. The molecule has 1 atom stereocenters. The van der Waals surface area contributed by atoms with Crippen molar-refractivity contribution in [1.82, 2.24) is 4.98 Å². The molecule has 0 radical (unpaired) electrons. The molecule has 0 fully saturated rings. The molecule has 1 unspecified atom stereocenters. The number of anilines is 1. The van der Waals surface area contributed by atoms with Crippen molar-refractivity contribution in [3.8, 4) is 0 Å². The number of hydrogen-bond acceptors (Lipinski definition) is 1. The van der Waals surface area contributed by atoms with Gasteiger partial charge in [-0.25, -0.2) is 0 Å². The molecule has 2 nitrogen and oxygen atoms in total. The summed E-state index contributed by atoms with van der Waals surface area (Å²) >= 11 is 6.10. The van der Waals surface area contributed by atoms with Crippen LogP contribution in [0.4, 0.5) is 5.69 Å². The van der Waals surface area contributed by atoms with Crippen LogP contribution in [-0.4, -0.2) is 4.98 Å². The number of para-hydroxylation sites is 2. The van der Waals surface area contributed by atoms with E-state index in [4.69, 9.17) is 11.6 Å². The number of rotatable bonds is 4. The van der Waals surface area contributed by atoms with Gasteiger partial charge in [-0.05, 0) is 42.8 Å². The van der Waals surface area contributed by atoms with Gasteiger partial charge in [-0.15, -0.1) is 0 Å². The minimum atomic E-state index is 0.0378. The third-order valence-corrected chi connectivity index (χ3v) is 4.77. The fraction of sp³-hybridized carbons (Fsp3) is 0.0909. The van der Waals surface area contributed by atoms with Crippen molar-refractivity contribution in [2.24, 2.45) is 0 Å². The summed E-state index contributed by atoms with van der Waals surface area (Å²) in [6.07, 6.45) is 0. The van der Waals surface area contributed by atoms with Gasteiger partial charge < -0.3 is 10.3 Å². The van der Waals surface area contributed by atoms with Gasteiger partial charge >= 0.3 is 0 Å². The lowest BCUT2D eigenvalue weighted by molar-refractivity contribution is 0.933. The van der Waals surface area contributed by atoms with Crippen LogP contribution in [0.15, 0.2) is 78.9 Å². The monoisotopic (exact) mass is 346 g/mol. The van der Waals surface area contributed by atoms with Gasteiger partial charge in [0.1, 0.15) is 0 Å². The molecule has 0 bridgehead atoms. The summed E-state index contributed by atoms with van der Waals surface area (Å²) < 4.78 is 0. The summed E-state index contributed by atoms with van der Waals surface area (Å²) in [5.74, 6) is 0. The molecule has 3 heteroatoms. The van der Waals surface area contributed by atoms with Crippen LogP contribution in [0, 0.1) is 6.92 Å². The molecule has 0 aliphatic carbocycles. The molecule has 3 aromatic carbocycles. The van der Waals surface area contributed by atoms with Gasteiger partial charge in [0, 0.05) is 32.9 Å². The van der Waals surface area contributed by atoms with Crippen molar-refractivity contribution in [3.63, 3.8) is 0 Å². The normalized spacial score (nSPS) is 12.2. The van der Waals surface area contributed by atoms with Crippen LogP contribution in [-0.2, 0) is 0 Å². The van der Waals surface area contributed by atoms with Crippen molar-refractivity contribution >= 4 is 28.2 Å². The second-order valence-electron chi connectivity index (χ2n) is 6.20. The Morgan fingerprint density at radius 3 is 2.28 bits per heavy atom. The topological polar surface area (TPSA) is 27.8 Å². The van der Waals surface area contributed by atoms with Crippen molar-refractivity contribution < 1.29 is 0 Å². The highest BCUT2D eigenvalue weighted by molar-refractivity contribution is 6.30. The minimum absolute atomic E-state index is 0.0378. The Balaban J connectivity index is 1.87. The van der Waals surface area contributed by atoms with E-state index in [1.807, 2.05) is 30.3 Å². The highest BCUT2D eigenvalue weighted by Crippen LogP contribution is 2.34. The maximum absolute atomic E-state index is 6.10. The fourth-order valence-electron chi connectivity index (χ4n) is 3.35. The van der Waals surface area contributed by atoms with E-state index in [-0.39, 0.29) is 6.04 Å². The maximum Gasteiger partial charge on any atom is 0.0790 e. The maximum atomic E-state index is 6.10. The summed E-state index contributed by atoms with van der Waals surface area (Å²) in [4.78, 5) is 3.51. The van der Waals surface area contributed by atoms with E-state index in [0.717, 1.165) is 16.2 Å². The Hall–Kier alpha value is -2.71. The lowest BCUT2D eigenvalue weighted by Gasteiger charge is -2.22.